The van der Waals surface area contributed by atoms with Crippen LogP contribution in [-0.4, -0.2) is 5.17 Å². The fraction of sp³-hybridized carbons (Fsp3) is 0. The molecule has 0 heterocycles. The van der Waals surface area contributed by atoms with Crippen molar-refractivity contribution < 1.29 is 4.74 Å². The van der Waals surface area contributed by atoms with Crippen LogP contribution in [0.4, 0.5) is 5.69 Å². The predicted octanol–water partition coefficient (Wildman–Crippen LogP) is 3.33. The normalized spacial score (nSPS) is 9.28. The Morgan fingerprint density at radius 2 is 1.72 bits per heavy atom. The zero-order chi connectivity index (χ0) is 12.8. The maximum atomic E-state index is 8.68. The molecule has 2 rings (SSSR count). The average molecular weight is 254 g/mol. The molecule has 0 spiro atoms. The Morgan fingerprint density at radius 3 is 2.33 bits per heavy atom. The number of para-hydroxylation sites is 1. The lowest BCUT2D eigenvalue weighted by atomic mass is 10.2. The number of hydrogen-bond donors (Lipinski definition) is 1. The predicted molar refractivity (Wildman–Crippen MR) is 74.4 cm³/mol. The van der Waals surface area contributed by atoms with E-state index in [1.165, 1.54) is 0 Å². The standard InChI is InChI=1S/C14H10N2OS/c15-10-11-6-8-12(9-7-11)16-14(18)17-13-4-2-1-3-5-13/h1-9H,(H,16,18). The molecule has 0 saturated heterocycles. The zero-order valence-electron chi connectivity index (χ0n) is 9.46. The lowest BCUT2D eigenvalue weighted by Crippen LogP contribution is -2.16. The van der Waals surface area contributed by atoms with Gasteiger partial charge in [0.2, 0.25) is 0 Å². The van der Waals surface area contributed by atoms with Crippen LogP contribution in [0.3, 0.4) is 0 Å². The number of thiocarbonyl (C=S) groups is 1. The molecule has 0 atom stereocenters. The minimum absolute atomic E-state index is 0.269. The van der Waals surface area contributed by atoms with E-state index in [0.717, 1.165) is 5.69 Å². The summed E-state index contributed by atoms with van der Waals surface area (Å²) in [6.07, 6.45) is 0. The zero-order valence-corrected chi connectivity index (χ0v) is 10.3. The smallest absolute Gasteiger partial charge is 0.266 e. The minimum atomic E-state index is 0.269. The average Bonchev–Trinajstić information content (AvgIpc) is 2.40. The lowest BCUT2D eigenvalue weighted by molar-refractivity contribution is 0.563. The molecule has 0 radical (unpaired) electrons. The second-order valence-electron chi connectivity index (χ2n) is 3.52. The fourth-order valence-electron chi connectivity index (χ4n) is 1.37. The Balaban J connectivity index is 1.97. The van der Waals surface area contributed by atoms with Crippen molar-refractivity contribution >= 4 is 23.1 Å². The van der Waals surface area contributed by atoms with Gasteiger partial charge in [0.15, 0.2) is 0 Å². The number of benzene rings is 2. The van der Waals surface area contributed by atoms with Crippen LogP contribution in [0.1, 0.15) is 5.56 Å². The Kier molecular flexibility index (Phi) is 3.90. The highest BCUT2D eigenvalue weighted by molar-refractivity contribution is 7.80. The Labute approximate surface area is 111 Å². The van der Waals surface area contributed by atoms with E-state index in [1.807, 2.05) is 30.3 Å². The molecule has 3 nitrogen and oxygen atoms in total. The highest BCUT2D eigenvalue weighted by Gasteiger charge is 2.00. The minimum Gasteiger partial charge on any atom is -0.432 e. The molecule has 0 unspecified atom stereocenters. The van der Waals surface area contributed by atoms with Crippen molar-refractivity contribution in [2.24, 2.45) is 0 Å². The van der Waals surface area contributed by atoms with Gasteiger partial charge >= 0.3 is 0 Å². The van der Waals surface area contributed by atoms with E-state index in [2.05, 4.69) is 11.4 Å². The first-order valence-corrected chi connectivity index (χ1v) is 5.73. The molecule has 0 fully saturated rings. The Hall–Kier alpha value is -2.38. The number of hydrogen-bond acceptors (Lipinski definition) is 3. The van der Waals surface area contributed by atoms with Gasteiger partial charge in [-0.2, -0.15) is 5.26 Å². The van der Waals surface area contributed by atoms with Gasteiger partial charge in [0.25, 0.3) is 5.17 Å². The third-order valence-electron chi connectivity index (χ3n) is 2.21. The molecule has 0 aliphatic rings. The molecule has 0 amide bonds. The summed E-state index contributed by atoms with van der Waals surface area (Å²) in [7, 11) is 0. The van der Waals surface area contributed by atoms with Crippen LogP contribution in [0.25, 0.3) is 0 Å². The van der Waals surface area contributed by atoms with Crippen LogP contribution in [0, 0.1) is 11.3 Å². The maximum absolute atomic E-state index is 8.68. The quantitative estimate of drug-likeness (QED) is 0.835. The Bertz CT molecular complexity index is 573. The second kappa shape index (κ2) is 5.80. The van der Waals surface area contributed by atoms with Crippen LogP contribution < -0.4 is 10.1 Å². The highest BCUT2D eigenvalue weighted by Crippen LogP contribution is 2.12. The van der Waals surface area contributed by atoms with Gasteiger partial charge in [-0.25, -0.2) is 0 Å². The summed E-state index contributed by atoms with van der Waals surface area (Å²) < 4.78 is 5.43. The Morgan fingerprint density at radius 1 is 1.06 bits per heavy atom. The fourth-order valence-corrected chi connectivity index (χ4v) is 1.58. The van der Waals surface area contributed by atoms with Crippen molar-refractivity contribution in [2.75, 3.05) is 5.32 Å². The molecular weight excluding hydrogens is 244 g/mol. The van der Waals surface area contributed by atoms with Crippen molar-refractivity contribution in [3.8, 4) is 11.8 Å². The van der Waals surface area contributed by atoms with E-state index in [9.17, 15) is 0 Å². The summed E-state index contributed by atoms with van der Waals surface area (Å²) in [6.45, 7) is 0. The molecule has 18 heavy (non-hydrogen) atoms. The van der Waals surface area contributed by atoms with Gasteiger partial charge < -0.3 is 10.1 Å². The van der Waals surface area contributed by atoms with Crippen molar-refractivity contribution in [1.29, 1.82) is 5.26 Å². The van der Waals surface area contributed by atoms with Gasteiger partial charge in [-0.1, -0.05) is 18.2 Å². The van der Waals surface area contributed by atoms with E-state index in [-0.39, 0.29) is 5.17 Å². The number of nitrogens with one attached hydrogen (secondary N) is 1. The second-order valence-corrected chi connectivity index (χ2v) is 3.89. The van der Waals surface area contributed by atoms with Crippen molar-refractivity contribution in [3.05, 3.63) is 60.2 Å². The summed E-state index contributed by atoms with van der Waals surface area (Å²) in [5.74, 6) is 0.684. The van der Waals surface area contributed by atoms with Crippen LogP contribution in [-0.2, 0) is 0 Å². The molecule has 88 valence electrons. The first-order valence-electron chi connectivity index (χ1n) is 5.32. The lowest BCUT2D eigenvalue weighted by Gasteiger charge is -2.09. The summed E-state index contributed by atoms with van der Waals surface area (Å²) in [5, 5.41) is 11.9. The van der Waals surface area contributed by atoms with Gasteiger partial charge in [0, 0.05) is 5.69 Å². The van der Waals surface area contributed by atoms with Crippen LogP contribution in [0.5, 0.6) is 5.75 Å². The summed E-state index contributed by atoms with van der Waals surface area (Å²) in [6, 6.07) is 18.3. The molecular formula is C14H10N2OS. The van der Waals surface area contributed by atoms with E-state index in [4.69, 9.17) is 22.2 Å². The van der Waals surface area contributed by atoms with Crippen LogP contribution >= 0.6 is 12.2 Å². The molecule has 4 heteroatoms. The summed E-state index contributed by atoms with van der Waals surface area (Å²) in [5.41, 5.74) is 1.39. The molecule has 0 bridgehead atoms. The topological polar surface area (TPSA) is 45.0 Å². The molecule has 0 aliphatic carbocycles. The first kappa shape index (κ1) is 12.1. The van der Waals surface area contributed by atoms with Crippen molar-refractivity contribution in [3.63, 3.8) is 0 Å². The van der Waals surface area contributed by atoms with Gasteiger partial charge in [-0.3, -0.25) is 0 Å². The maximum Gasteiger partial charge on any atom is 0.266 e. The molecule has 1 N–H and O–H groups in total. The van der Waals surface area contributed by atoms with Crippen LogP contribution in [0.15, 0.2) is 54.6 Å². The largest absolute Gasteiger partial charge is 0.432 e. The van der Waals surface area contributed by atoms with Crippen molar-refractivity contribution in [2.45, 2.75) is 0 Å². The highest BCUT2D eigenvalue weighted by atomic mass is 32.1. The third-order valence-corrected chi connectivity index (χ3v) is 2.40. The molecule has 0 aromatic heterocycles. The number of nitrogens with zero attached hydrogens (tertiary/aromatic N) is 1. The van der Waals surface area contributed by atoms with E-state index >= 15 is 0 Å². The number of anilines is 1. The summed E-state index contributed by atoms with van der Waals surface area (Å²) in [4.78, 5) is 0. The number of ether oxygens (including phenoxy) is 1. The van der Waals surface area contributed by atoms with E-state index in [0.29, 0.717) is 11.3 Å². The van der Waals surface area contributed by atoms with Crippen molar-refractivity contribution in [1.82, 2.24) is 0 Å². The monoisotopic (exact) mass is 254 g/mol. The SMILES string of the molecule is N#Cc1ccc(NC(=S)Oc2ccccc2)cc1. The van der Waals surface area contributed by atoms with Crippen LogP contribution in [0.2, 0.25) is 0 Å². The van der Waals surface area contributed by atoms with Gasteiger partial charge in [0.05, 0.1) is 11.6 Å². The molecule has 0 saturated carbocycles. The van der Waals surface area contributed by atoms with E-state index < -0.39 is 0 Å². The third kappa shape index (κ3) is 3.30. The van der Waals surface area contributed by atoms with Gasteiger partial charge in [-0.15, -0.1) is 0 Å². The molecule has 2 aromatic carbocycles. The molecule has 2 aromatic rings. The van der Waals surface area contributed by atoms with Gasteiger partial charge in [-0.05, 0) is 48.6 Å². The summed E-state index contributed by atoms with van der Waals surface area (Å²) >= 11 is 5.08. The number of nitriles is 1. The first-order chi connectivity index (χ1) is 8.78. The number of rotatable bonds is 2. The molecule has 0 aliphatic heterocycles. The van der Waals surface area contributed by atoms with E-state index in [1.54, 1.807) is 24.3 Å². The van der Waals surface area contributed by atoms with Gasteiger partial charge in [0.1, 0.15) is 5.75 Å².